The van der Waals surface area contributed by atoms with Gasteiger partial charge in [-0.3, -0.25) is 0 Å². The molecule has 3 heterocycles. The highest BCUT2D eigenvalue weighted by Crippen LogP contribution is 2.34. The Balaban J connectivity index is 1.88. The Labute approximate surface area is 115 Å². The maximum atomic E-state index is 5.62. The van der Waals surface area contributed by atoms with E-state index >= 15 is 0 Å². The van der Waals surface area contributed by atoms with E-state index in [1.54, 1.807) is 6.20 Å². The number of rotatable bonds is 1. The van der Waals surface area contributed by atoms with Gasteiger partial charge in [0.25, 0.3) is 0 Å². The van der Waals surface area contributed by atoms with Crippen molar-refractivity contribution in [2.24, 2.45) is 7.05 Å². The highest BCUT2D eigenvalue weighted by atomic mass is 16.6. The van der Waals surface area contributed by atoms with E-state index in [-0.39, 0.29) is 0 Å². The van der Waals surface area contributed by atoms with Crippen LogP contribution in [0.1, 0.15) is 0 Å². The molecule has 0 saturated heterocycles. The minimum atomic E-state index is 0.584. The maximum Gasteiger partial charge on any atom is 0.162 e. The number of hydrogen-bond donors (Lipinski definition) is 0. The number of fused-ring (bicyclic) bond motifs is 2. The van der Waals surface area contributed by atoms with Crippen LogP contribution in [0.4, 0.5) is 0 Å². The third-order valence-electron chi connectivity index (χ3n) is 3.43. The number of ether oxygens (including phenoxy) is 2. The minimum absolute atomic E-state index is 0.584. The van der Waals surface area contributed by atoms with E-state index in [1.807, 2.05) is 41.9 Å². The van der Waals surface area contributed by atoms with Gasteiger partial charge in [0.05, 0.1) is 0 Å². The summed E-state index contributed by atoms with van der Waals surface area (Å²) in [6.45, 7) is 1.18. The Hall–Kier alpha value is -2.56. The molecule has 4 rings (SSSR count). The highest BCUT2D eigenvalue weighted by molar-refractivity contribution is 5.77. The lowest BCUT2D eigenvalue weighted by Gasteiger charge is -2.18. The minimum Gasteiger partial charge on any atom is -0.486 e. The van der Waals surface area contributed by atoms with Crippen LogP contribution < -0.4 is 9.47 Å². The molecule has 3 aromatic rings. The largest absolute Gasteiger partial charge is 0.486 e. The lowest BCUT2D eigenvalue weighted by molar-refractivity contribution is 0.171. The van der Waals surface area contributed by atoms with Gasteiger partial charge in [-0.25, -0.2) is 9.97 Å². The highest BCUT2D eigenvalue weighted by Gasteiger charge is 2.15. The fourth-order valence-electron chi connectivity index (χ4n) is 2.46. The molecule has 100 valence electrons. The quantitative estimate of drug-likeness (QED) is 0.679. The Bertz CT molecular complexity index is 795. The van der Waals surface area contributed by atoms with Gasteiger partial charge in [-0.1, -0.05) is 0 Å². The second-order valence-electron chi connectivity index (χ2n) is 4.70. The molecular weight excluding hydrogens is 254 g/mol. The summed E-state index contributed by atoms with van der Waals surface area (Å²) in [6, 6.07) is 9.74. The lowest BCUT2D eigenvalue weighted by atomic mass is 10.2. The summed E-state index contributed by atoms with van der Waals surface area (Å²) in [7, 11) is 1.97. The molecule has 0 bridgehead atoms. The van der Waals surface area contributed by atoms with Crippen molar-refractivity contribution < 1.29 is 9.47 Å². The number of aromatic nitrogens is 3. The van der Waals surface area contributed by atoms with E-state index in [1.165, 1.54) is 0 Å². The topological polar surface area (TPSA) is 49.2 Å². The van der Waals surface area contributed by atoms with E-state index in [0.29, 0.717) is 13.2 Å². The molecule has 5 nitrogen and oxygen atoms in total. The normalized spacial score (nSPS) is 13.7. The van der Waals surface area contributed by atoms with Gasteiger partial charge in [0.2, 0.25) is 0 Å². The first-order valence-electron chi connectivity index (χ1n) is 6.50. The van der Waals surface area contributed by atoms with Crippen LogP contribution in [0.5, 0.6) is 11.5 Å². The van der Waals surface area contributed by atoms with E-state index < -0.39 is 0 Å². The molecule has 0 amide bonds. The number of pyridine rings is 1. The van der Waals surface area contributed by atoms with Gasteiger partial charge in [-0.15, -0.1) is 0 Å². The molecular formula is C15H13N3O2. The van der Waals surface area contributed by atoms with E-state index in [0.717, 1.165) is 34.1 Å². The van der Waals surface area contributed by atoms with Crippen molar-refractivity contribution in [3.8, 4) is 22.9 Å². The van der Waals surface area contributed by atoms with Gasteiger partial charge in [-0.2, -0.15) is 0 Å². The summed E-state index contributed by atoms with van der Waals surface area (Å²) in [5, 5.41) is 0. The summed E-state index contributed by atoms with van der Waals surface area (Å²) < 4.78 is 13.1. The van der Waals surface area contributed by atoms with Crippen molar-refractivity contribution >= 4 is 11.2 Å². The zero-order chi connectivity index (χ0) is 13.5. The smallest absolute Gasteiger partial charge is 0.162 e. The third-order valence-corrected chi connectivity index (χ3v) is 3.43. The fraction of sp³-hybridized carbons (Fsp3) is 0.200. The van der Waals surface area contributed by atoms with Gasteiger partial charge in [0.15, 0.2) is 17.1 Å². The maximum absolute atomic E-state index is 5.62. The van der Waals surface area contributed by atoms with E-state index in [9.17, 15) is 0 Å². The van der Waals surface area contributed by atoms with Crippen LogP contribution in [0.2, 0.25) is 0 Å². The average Bonchev–Trinajstić information content (AvgIpc) is 2.84. The molecule has 1 aromatic carbocycles. The summed E-state index contributed by atoms with van der Waals surface area (Å²) >= 11 is 0. The molecule has 0 N–H and O–H groups in total. The first-order valence-corrected chi connectivity index (χ1v) is 6.50. The lowest BCUT2D eigenvalue weighted by Crippen LogP contribution is -2.15. The Morgan fingerprint density at radius 3 is 2.80 bits per heavy atom. The molecule has 0 radical (unpaired) electrons. The molecule has 0 fully saturated rings. The first-order chi connectivity index (χ1) is 9.83. The number of aryl methyl sites for hydroxylation is 1. The standard InChI is InChI=1S/C15H13N3O2/c1-18-14(17-11-3-2-6-16-15(11)18)10-4-5-12-13(9-10)20-8-7-19-12/h2-6,9H,7-8H2,1H3. The first kappa shape index (κ1) is 11.3. The number of imidazole rings is 1. The third kappa shape index (κ3) is 1.63. The molecule has 0 spiro atoms. The van der Waals surface area contributed by atoms with Crippen molar-refractivity contribution in [1.29, 1.82) is 0 Å². The van der Waals surface area contributed by atoms with Gasteiger partial charge in [0.1, 0.15) is 24.6 Å². The SMILES string of the molecule is Cn1c(-c2ccc3c(c2)OCCO3)nc2cccnc21. The predicted octanol–water partition coefficient (Wildman–Crippen LogP) is 2.41. The Morgan fingerprint density at radius 2 is 1.95 bits per heavy atom. The van der Waals surface area contributed by atoms with Crippen LogP contribution in [-0.2, 0) is 7.05 Å². The summed E-state index contributed by atoms with van der Waals surface area (Å²) in [4.78, 5) is 8.99. The second-order valence-corrected chi connectivity index (χ2v) is 4.70. The summed E-state index contributed by atoms with van der Waals surface area (Å²) in [5.41, 5.74) is 2.76. The number of nitrogens with zero attached hydrogens (tertiary/aromatic N) is 3. The zero-order valence-corrected chi connectivity index (χ0v) is 11.0. The average molecular weight is 267 g/mol. The Morgan fingerprint density at radius 1 is 1.10 bits per heavy atom. The van der Waals surface area contributed by atoms with E-state index in [4.69, 9.17) is 9.47 Å². The molecule has 1 aliphatic rings. The van der Waals surface area contributed by atoms with Crippen molar-refractivity contribution in [2.45, 2.75) is 0 Å². The van der Waals surface area contributed by atoms with E-state index in [2.05, 4.69) is 9.97 Å². The molecule has 5 heteroatoms. The zero-order valence-electron chi connectivity index (χ0n) is 11.0. The van der Waals surface area contributed by atoms with Crippen LogP contribution in [-0.4, -0.2) is 27.7 Å². The van der Waals surface area contributed by atoms with Gasteiger partial charge in [0, 0.05) is 18.8 Å². The predicted molar refractivity (Wildman–Crippen MR) is 74.9 cm³/mol. The molecule has 0 unspecified atom stereocenters. The Kier molecular flexibility index (Phi) is 2.39. The van der Waals surface area contributed by atoms with Gasteiger partial charge >= 0.3 is 0 Å². The molecule has 2 aromatic heterocycles. The molecule has 0 saturated carbocycles. The van der Waals surface area contributed by atoms with Gasteiger partial charge < -0.3 is 14.0 Å². The van der Waals surface area contributed by atoms with Gasteiger partial charge in [-0.05, 0) is 30.3 Å². The van der Waals surface area contributed by atoms with Crippen LogP contribution in [0.3, 0.4) is 0 Å². The molecule has 0 atom stereocenters. The van der Waals surface area contributed by atoms with Crippen molar-refractivity contribution in [2.75, 3.05) is 13.2 Å². The summed E-state index contributed by atoms with van der Waals surface area (Å²) in [5.74, 6) is 2.43. The number of hydrogen-bond acceptors (Lipinski definition) is 4. The van der Waals surface area contributed by atoms with Crippen molar-refractivity contribution in [1.82, 2.24) is 14.5 Å². The fourth-order valence-corrected chi connectivity index (χ4v) is 2.46. The monoisotopic (exact) mass is 267 g/mol. The molecule has 20 heavy (non-hydrogen) atoms. The van der Waals surface area contributed by atoms with Crippen LogP contribution in [0.15, 0.2) is 36.5 Å². The van der Waals surface area contributed by atoms with Crippen LogP contribution in [0, 0.1) is 0 Å². The van der Waals surface area contributed by atoms with Crippen molar-refractivity contribution in [3.63, 3.8) is 0 Å². The molecule has 0 aliphatic carbocycles. The van der Waals surface area contributed by atoms with Crippen LogP contribution >= 0.6 is 0 Å². The summed E-state index contributed by atoms with van der Waals surface area (Å²) in [6.07, 6.45) is 1.78. The van der Waals surface area contributed by atoms with Crippen molar-refractivity contribution in [3.05, 3.63) is 36.5 Å². The molecule has 1 aliphatic heterocycles. The number of benzene rings is 1. The van der Waals surface area contributed by atoms with Crippen LogP contribution in [0.25, 0.3) is 22.6 Å². The second kappa shape index (κ2) is 4.23.